The van der Waals surface area contributed by atoms with Gasteiger partial charge in [-0.25, -0.2) is 0 Å². The summed E-state index contributed by atoms with van der Waals surface area (Å²) in [5.41, 5.74) is 1.54. The van der Waals surface area contributed by atoms with E-state index in [1.54, 1.807) is 7.11 Å². The molecule has 1 aliphatic rings. The van der Waals surface area contributed by atoms with Crippen molar-refractivity contribution in [1.29, 1.82) is 0 Å². The lowest BCUT2D eigenvalue weighted by Crippen LogP contribution is -2.37. The summed E-state index contributed by atoms with van der Waals surface area (Å²) >= 11 is 0. The Labute approximate surface area is 177 Å². The van der Waals surface area contributed by atoms with Crippen LogP contribution >= 0.6 is 17.0 Å². The van der Waals surface area contributed by atoms with Crippen molar-refractivity contribution in [3.05, 3.63) is 54.1 Å². The van der Waals surface area contributed by atoms with E-state index in [4.69, 9.17) is 9.47 Å². The molecule has 0 radical (unpaired) electrons. The van der Waals surface area contributed by atoms with Crippen LogP contribution in [-0.2, 0) is 0 Å². The molecule has 150 valence electrons. The van der Waals surface area contributed by atoms with Gasteiger partial charge in [0.2, 0.25) is 0 Å². The summed E-state index contributed by atoms with van der Waals surface area (Å²) in [7, 11) is 1.65. The number of hydrogen-bond donors (Lipinski definition) is 0. The highest BCUT2D eigenvalue weighted by Crippen LogP contribution is 2.30. The van der Waals surface area contributed by atoms with E-state index in [0.717, 1.165) is 48.8 Å². The zero-order chi connectivity index (χ0) is 19.1. The Morgan fingerprint density at radius 3 is 2.50 bits per heavy atom. The molecule has 0 fully saturated rings. The molecule has 0 unspecified atom stereocenters. The lowest BCUT2D eigenvalue weighted by atomic mass is 10.1. The monoisotopic (exact) mass is 446 g/mol. The number of aliphatic imine (C=N–C) groups is 1. The number of halogens is 1. The Morgan fingerprint density at radius 2 is 1.86 bits per heavy atom. The largest absolute Gasteiger partial charge is 0.495 e. The molecule has 0 saturated carbocycles. The first kappa shape index (κ1) is 22.0. The van der Waals surface area contributed by atoms with Crippen LogP contribution in [0.2, 0.25) is 0 Å². The van der Waals surface area contributed by atoms with E-state index in [9.17, 15) is 4.79 Å². The summed E-state index contributed by atoms with van der Waals surface area (Å²) < 4.78 is 11.0. The molecule has 1 heterocycles. The molecule has 0 amide bonds. The first-order chi connectivity index (χ1) is 13.2. The Bertz CT molecular complexity index is 806. The van der Waals surface area contributed by atoms with Crippen molar-refractivity contribution in [3.8, 4) is 11.5 Å². The third-order valence-corrected chi connectivity index (χ3v) is 4.58. The normalized spacial score (nSPS) is 13.1. The van der Waals surface area contributed by atoms with Gasteiger partial charge < -0.3 is 14.4 Å². The van der Waals surface area contributed by atoms with Crippen molar-refractivity contribution in [2.24, 2.45) is 4.99 Å². The molecule has 28 heavy (non-hydrogen) atoms. The standard InChI is InChI=1S/C22H26N2O3.BrH/c1-3-27-18-13-11-17(12-14-18)20(25)16-24(22-10-6-7-15-23-22)19-8-4-5-9-21(19)26-2;/h4-5,8-9,11-14H,3,6-7,10,15-16H2,1-2H3;1H. The second-order valence-corrected chi connectivity index (χ2v) is 6.39. The molecular weight excluding hydrogens is 420 g/mol. The van der Waals surface area contributed by atoms with Crippen molar-refractivity contribution < 1.29 is 14.3 Å². The van der Waals surface area contributed by atoms with Crippen LogP contribution < -0.4 is 14.4 Å². The van der Waals surface area contributed by atoms with Crippen molar-refractivity contribution in [2.45, 2.75) is 26.2 Å². The summed E-state index contributed by atoms with van der Waals surface area (Å²) in [6.07, 6.45) is 3.05. The van der Waals surface area contributed by atoms with Crippen LogP contribution in [0.15, 0.2) is 53.5 Å². The molecule has 3 rings (SSSR count). The number of benzene rings is 2. The van der Waals surface area contributed by atoms with E-state index >= 15 is 0 Å². The number of ketones is 1. The van der Waals surface area contributed by atoms with E-state index in [-0.39, 0.29) is 29.3 Å². The number of rotatable bonds is 7. The van der Waals surface area contributed by atoms with E-state index in [1.807, 2.05) is 60.4 Å². The number of Topliss-reactive ketones (excluding diaryl/α,β-unsaturated/α-hetero) is 1. The SMILES string of the molecule is Br.CCOc1ccc(C(=O)CN(C2=NCCCC2)c2ccccc2OC)cc1. The zero-order valence-corrected chi connectivity index (χ0v) is 18.1. The fourth-order valence-electron chi connectivity index (χ4n) is 3.21. The fraction of sp³-hybridized carbons (Fsp3) is 0.364. The van der Waals surface area contributed by atoms with Gasteiger partial charge in [0, 0.05) is 18.5 Å². The maximum Gasteiger partial charge on any atom is 0.182 e. The van der Waals surface area contributed by atoms with Crippen LogP contribution in [-0.4, -0.2) is 38.4 Å². The van der Waals surface area contributed by atoms with Crippen LogP contribution in [0.25, 0.3) is 0 Å². The topological polar surface area (TPSA) is 51.1 Å². The first-order valence-corrected chi connectivity index (χ1v) is 9.43. The summed E-state index contributed by atoms with van der Waals surface area (Å²) in [6.45, 7) is 3.58. The second kappa shape index (κ2) is 10.9. The Balaban J connectivity index is 0.00000280. The summed E-state index contributed by atoms with van der Waals surface area (Å²) in [6, 6.07) is 15.1. The minimum absolute atomic E-state index is 0. The van der Waals surface area contributed by atoms with Crippen LogP contribution in [0.3, 0.4) is 0 Å². The molecule has 0 N–H and O–H groups in total. The Hall–Kier alpha value is -2.34. The van der Waals surface area contributed by atoms with Gasteiger partial charge in [-0.1, -0.05) is 12.1 Å². The van der Waals surface area contributed by atoms with Crippen molar-refractivity contribution in [3.63, 3.8) is 0 Å². The van der Waals surface area contributed by atoms with Crippen LogP contribution in [0.1, 0.15) is 36.5 Å². The molecule has 0 atom stereocenters. The summed E-state index contributed by atoms with van der Waals surface area (Å²) in [5, 5.41) is 0. The molecular formula is C22H27BrN2O3. The molecule has 0 saturated heterocycles. The lowest BCUT2D eigenvalue weighted by Gasteiger charge is -2.29. The predicted octanol–water partition coefficient (Wildman–Crippen LogP) is 4.94. The maximum absolute atomic E-state index is 13.0. The molecule has 2 aromatic carbocycles. The number of amidine groups is 1. The highest BCUT2D eigenvalue weighted by atomic mass is 79.9. The van der Waals surface area contributed by atoms with E-state index in [0.29, 0.717) is 12.2 Å². The average Bonchev–Trinajstić information content (AvgIpc) is 2.73. The minimum atomic E-state index is 0. The number of methoxy groups -OCH3 is 1. The van der Waals surface area contributed by atoms with Crippen molar-refractivity contribution in [2.75, 3.05) is 31.7 Å². The molecule has 0 spiro atoms. The zero-order valence-electron chi connectivity index (χ0n) is 16.4. The third kappa shape index (κ3) is 5.35. The van der Waals surface area contributed by atoms with Gasteiger partial charge in [0.1, 0.15) is 17.3 Å². The van der Waals surface area contributed by atoms with E-state index in [2.05, 4.69) is 4.99 Å². The fourth-order valence-corrected chi connectivity index (χ4v) is 3.21. The number of hydrogen-bond acceptors (Lipinski definition) is 5. The van der Waals surface area contributed by atoms with E-state index < -0.39 is 0 Å². The number of anilines is 1. The average molecular weight is 447 g/mol. The number of carbonyl (C=O) groups excluding carboxylic acids is 1. The molecule has 0 aromatic heterocycles. The number of nitrogens with zero attached hydrogens (tertiary/aromatic N) is 2. The van der Waals surface area contributed by atoms with Crippen molar-refractivity contribution in [1.82, 2.24) is 0 Å². The molecule has 6 heteroatoms. The predicted molar refractivity (Wildman–Crippen MR) is 119 cm³/mol. The van der Waals surface area contributed by atoms with Gasteiger partial charge in [0.05, 0.1) is 25.9 Å². The summed E-state index contributed by atoms with van der Waals surface area (Å²) in [5.74, 6) is 2.50. The Morgan fingerprint density at radius 1 is 1.11 bits per heavy atom. The maximum atomic E-state index is 13.0. The highest BCUT2D eigenvalue weighted by Gasteiger charge is 2.22. The van der Waals surface area contributed by atoms with Crippen molar-refractivity contribution >= 4 is 34.3 Å². The molecule has 2 aromatic rings. The Kier molecular flexibility index (Phi) is 8.51. The first-order valence-electron chi connectivity index (χ1n) is 9.43. The van der Waals surface area contributed by atoms with Crippen LogP contribution in [0.4, 0.5) is 5.69 Å². The van der Waals surface area contributed by atoms with Gasteiger partial charge in [0.15, 0.2) is 5.78 Å². The van der Waals surface area contributed by atoms with Gasteiger partial charge in [-0.2, -0.15) is 0 Å². The van der Waals surface area contributed by atoms with Crippen LogP contribution in [0.5, 0.6) is 11.5 Å². The van der Waals surface area contributed by atoms with Gasteiger partial charge in [-0.05, 0) is 56.2 Å². The number of ether oxygens (including phenoxy) is 2. The number of carbonyl (C=O) groups is 1. The van der Waals surface area contributed by atoms with Crippen LogP contribution in [0, 0.1) is 0 Å². The third-order valence-electron chi connectivity index (χ3n) is 4.58. The second-order valence-electron chi connectivity index (χ2n) is 6.39. The quantitative estimate of drug-likeness (QED) is 0.564. The van der Waals surface area contributed by atoms with Gasteiger partial charge in [-0.15, -0.1) is 17.0 Å². The molecule has 5 nitrogen and oxygen atoms in total. The molecule has 1 aliphatic heterocycles. The number of para-hydroxylation sites is 2. The van der Waals surface area contributed by atoms with Gasteiger partial charge in [-0.3, -0.25) is 9.79 Å². The van der Waals surface area contributed by atoms with Gasteiger partial charge >= 0.3 is 0 Å². The van der Waals surface area contributed by atoms with E-state index in [1.165, 1.54) is 0 Å². The molecule has 0 aliphatic carbocycles. The molecule has 0 bridgehead atoms. The smallest absolute Gasteiger partial charge is 0.182 e. The highest BCUT2D eigenvalue weighted by molar-refractivity contribution is 8.93. The lowest BCUT2D eigenvalue weighted by molar-refractivity contribution is 0.100. The van der Waals surface area contributed by atoms with Gasteiger partial charge in [0.25, 0.3) is 0 Å². The summed E-state index contributed by atoms with van der Waals surface area (Å²) in [4.78, 5) is 19.6. The minimum Gasteiger partial charge on any atom is -0.495 e.